The molecule has 2 N–H and O–H groups in total. The lowest BCUT2D eigenvalue weighted by Gasteiger charge is -2.07. The lowest BCUT2D eigenvalue weighted by Crippen LogP contribution is -2.25. The molecule has 0 aliphatic heterocycles. The van der Waals surface area contributed by atoms with E-state index in [0.717, 1.165) is 0 Å². The highest BCUT2D eigenvalue weighted by atomic mass is 16.5. The average Bonchev–Trinajstić information content (AvgIpc) is 2.30. The summed E-state index contributed by atoms with van der Waals surface area (Å²) in [5.41, 5.74) is 0.883. The average molecular weight is 237 g/mol. The minimum absolute atomic E-state index is 0.0712. The van der Waals surface area contributed by atoms with Crippen LogP contribution in [0.15, 0.2) is 24.3 Å². The van der Waals surface area contributed by atoms with Gasteiger partial charge in [-0.3, -0.25) is 4.79 Å². The highest BCUT2D eigenvalue weighted by Gasteiger charge is 2.09. The van der Waals surface area contributed by atoms with Crippen molar-refractivity contribution < 1.29 is 19.4 Å². The fourth-order valence-electron chi connectivity index (χ4n) is 1.39. The van der Waals surface area contributed by atoms with Gasteiger partial charge in [0.2, 0.25) is 0 Å². The van der Waals surface area contributed by atoms with Crippen molar-refractivity contribution in [1.82, 2.24) is 5.32 Å². The Hall–Kier alpha value is -1.88. The molecule has 1 aromatic rings. The summed E-state index contributed by atoms with van der Waals surface area (Å²) in [6.07, 6.45) is 0. The van der Waals surface area contributed by atoms with E-state index in [9.17, 15) is 9.59 Å². The molecule has 0 bridgehead atoms. The number of nitrogens with one attached hydrogen (secondary N) is 1. The first-order valence-electron chi connectivity index (χ1n) is 5.32. The monoisotopic (exact) mass is 237 g/mol. The molecule has 5 heteroatoms. The predicted molar refractivity (Wildman–Crippen MR) is 61.7 cm³/mol. The fraction of sp³-hybridized carbons (Fsp3) is 0.333. The number of ether oxygens (including phenoxy) is 1. The van der Waals surface area contributed by atoms with E-state index in [1.165, 1.54) is 6.07 Å². The maximum atomic E-state index is 11.1. The molecule has 1 rings (SSSR count). The van der Waals surface area contributed by atoms with Gasteiger partial charge in [-0.05, 0) is 18.6 Å². The SMILES string of the molecule is CCOC(=O)CNCc1ccccc1C(=O)O. The maximum absolute atomic E-state index is 11.1. The number of carbonyl (C=O) groups excluding carboxylic acids is 1. The first-order valence-corrected chi connectivity index (χ1v) is 5.32. The van der Waals surface area contributed by atoms with Crippen LogP contribution in [0.1, 0.15) is 22.8 Å². The largest absolute Gasteiger partial charge is 0.478 e. The molecule has 92 valence electrons. The second-order valence-corrected chi connectivity index (χ2v) is 3.37. The van der Waals surface area contributed by atoms with Crippen LogP contribution < -0.4 is 5.32 Å². The number of hydrogen-bond acceptors (Lipinski definition) is 4. The van der Waals surface area contributed by atoms with E-state index in [4.69, 9.17) is 9.84 Å². The van der Waals surface area contributed by atoms with Gasteiger partial charge < -0.3 is 15.2 Å². The summed E-state index contributed by atoms with van der Waals surface area (Å²) in [4.78, 5) is 22.0. The summed E-state index contributed by atoms with van der Waals surface area (Å²) >= 11 is 0. The molecule has 0 fully saturated rings. The number of carboxylic acid groups (broad SMARTS) is 1. The number of esters is 1. The van der Waals surface area contributed by atoms with Crippen LogP contribution in [0.3, 0.4) is 0 Å². The van der Waals surface area contributed by atoms with Crippen molar-refractivity contribution >= 4 is 11.9 Å². The van der Waals surface area contributed by atoms with E-state index in [1.54, 1.807) is 25.1 Å². The molecule has 0 spiro atoms. The molecular weight excluding hydrogens is 222 g/mol. The van der Waals surface area contributed by atoms with E-state index < -0.39 is 5.97 Å². The van der Waals surface area contributed by atoms with Crippen LogP contribution in [0.25, 0.3) is 0 Å². The zero-order valence-corrected chi connectivity index (χ0v) is 9.60. The second-order valence-electron chi connectivity index (χ2n) is 3.37. The van der Waals surface area contributed by atoms with Crippen LogP contribution >= 0.6 is 0 Å². The van der Waals surface area contributed by atoms with Crippen molar-refractivity contribution in [3.05, 3.63) is 35.4 Å². The molecule has 0 amide bonds. The predicted octanol–water partition coefficient (Wildman–Crippen LogP) is 1.04. The minimum atomic E-state index is -0.974. The fourth-order valence-corrected chi connectivity index (χ4v) is 1.39. The second kappa shape index (κ2) is 6.65. The summed E-state index contributed by atoms with van der Waals surface area (Å²) in [7, 11) is 0. The van der Waals surface area contributed by atoms with Crippen molar-refractivity contribution in [2.75, 3.05) is 13.2 Å². The van der Waals surface area contributed by atoms with Crippen LogP contribution in [0.2, 0.25) is 0 Å². The molecule has 0 aromatic heterocycles. The molecule has 0 atom stereocenters. The smallest absolute Gasteiger partial charge is 0.336 e. The molecule has 0 unspecified atom stereocenters. The number of carbonyl (C=O) groups is 2. The van der Waals surface area contributed by atoms with Crippen LogP contribution in [0.4, 0.5) is 0 Å². The third-order valence-electron chi connectivity index (χ3n) is 2.14. The van der Waals surface area contributed by atoms with Crippen molar-refractivity contribution in [3.8, 4) is 0 Å². The molecule has 17 heavy (non-hydrogen) atoms. The molecule has 5 nitrogen and oxygen atoms in total. The summed E-state index contributed by atoms with van der Waals surface area (Å²) in [5, 5.41) is 11.8. The van der Waals surface area contributed by atoms with Crippen LogP contribution in [0, 0.1) is 0 Å². The van der Waals surface area contributed by atoms with E-state index in [1.807, 2.05) is 0 Å². The van der Waals surface area contributed by atoms with Crippen molar-refractivity contribution in [2.24, 2.45) is 0 Å². The van der Waals surface area contributed by atoms with Gasteiger partial charge in [-0.25, -0.2) is 4.79 Å². The van der Waals surface area contributed by atoms with Gasteiger partial charge in [-0.15, -0.1) is 0 Å². The van der Waals surface area contributed by atoms with Gasteiger partial charge >= 0.3 is 11.9 Å². The van der Waals surface area contributed by atoms with Crippen LogP contribution in [0.5, 0.6) is 0 Å². The van der Waals surface area contributed by atoms with E-state index >= 15 is 0 Å². The quantitative estimate of drug-likeness (QED) is 0.723. The molecule has 0 heterocycles. The highest BCUT2D eigenvalue weighted by molar-refractivity contribution is 5.89. The van der Waals surface area contributed by atoms with Crippen molar-refractivity contribution in [2.45, 2.75) is 13.5 Å². The Morgan fingerprint density at radius 3 is 2.71 bits per heavy atom. The summed E-state index contributed by atoms with van der Waals surface area (Å²) < 4.78 is 4.74. The Balaban J connectivity index is 2.52. The van der Waals surface area contributed by atoms with Crippen LogP contribution in [-0.2, 0) is 16.1 Å². The zero-order chi connectivity index (χ0) is 12.7. The Bertz CT molecular complexity index is 403. The standard InChI is InChI=1S/C12H15NO4/c1-2-17-11(14)8-13-7-9-5-3-4-6-10(9)12(15)16/h3-6,13H,2,7-8H2,1H3,(H,15,16). The Morgan fingerprint density at radius 2 is 2.06 bits per heavy atom. The van der Waals surface area contributed by atoms with E-state index in [2.05, 4.69) is 5.32 Å². The number of rotatable bonds is 6. The van der Waals surface area contributed by atoms with Gasteiger partial charge in [0.05, 0.1) is 18.7 Å². The lowest BCUT2D eigenvalue weighted by molar-refractivity contribution is -0.142. The van der Waals surface area contributed by atoms with Gasteiger partial charge in [0, 0.05) is 6.54 Å². The van der Waals surface area contributed by atoms with Gasteiger partial charge in [-0.2, -0.15) is 0 Å². The number of aromatic carboxylic acids is 1. The molecule has 0 radical (unpaired) electrons. The molecule has 0 aliphatic rings. The normalized spacial score (nSPS) is 9.94. The number of benzene rings is 1. The molecule has 0 saturated heterocycles. The number of hydrogen-bond donors (Lipinski definition) is 2. The molecule has 1 aromatic carbocycles. The summed E-state index contributed by atoms with van der Waals surface area (Å²) in [5.74, 6) is -1.32. The Labute approximate surface area is 99.4 Å². The third kappa shape index (κ3) is 4.24. The van der Waals surface area contributed by atoms with E-state index in [-0.39, 0.29) is 18.1 Å². The van der Waals surface area contributed by atoms with Crippen molar-refractivity contribution in [3.63, 3.8) is 0 Å². The zero-order valence-electron chi connectivity index (χ0n) is 9.60. The van der Waals surface area contributed by atoms with Crippen molar-refractivity contribution in [1.29, 1.82) is 0 Å². The Kier molecular flexibility index (Phi) is 5.16. The first-order chi connectivity index (χ1) is 8.15. The molecule has 0 aliphatic carbocycles. The minimum Gasteiger partial charge on any atom is -0.478 e. The third-order valence-corrected chi connectivity index (χ3v) is 2.14. The van der Waals surface area contributed by atoms with Crippen LogP contribution in [-0.4, -0.2) is 30.2 Å². The summed E-state index contributed by atoms with van der Waals surface area (Å²) in [6.45, 7) is 2.47. The molecular formula is C12H15NO4. The van der Waals surface area contributed by atoms with Gasteiger partial charge in [0.25, 0.3) is 0 Å². The molecule has 0 saturated carbocycles. The first kappa shape index (κ1) is 13.2. The van der Waals surface area contributed by atoms with E-state index in [0.29, 0.717) is 18.7 Å². The Morgan fingerprint density at radius 1 is 1.35 bits per heavy atom. The van der Waals surface area contributed by atoms with Gasteiger partial charge in [0.1, 0.15) is 0 Å². The topological polar surface area (TPSA) is 75.6 Å². The highest BCUT2D eigenvalue weighted by Crippen LogP contribution is 2.08. The maximum Gasteiger partial charge on any atom is 0.336 e. The van der Waals surface area contributed by atoms with Gasteiger partial charge in [-0.1, -0.05) is 18.2 Å². The van der Waals surface area contributed by atoms with Gasteiger partial charge in [0.15, 0.2) is 0 Å². The lowest BCUT2D eigenvalue weighted by atomic mass is 10.1. The number of carboxylic acids is 1. The summed E-state index contributed by atoms with van der Waals surface area (Å²) in [6, 6.07) is 6.66.